The van der Waals surface area contributed by atoms with E-state index in [9.17, 15) is 19.1 Å². The van der Waals surface area contributed by atoms with Gasteiger partial charge in [0.25, 0.3) is 5.91 Å². The zero-order valence-electron chi connectivity index (χ0n) is 19.5. The molecular formula is C25H29FN4O4. The largest absolute Gasteiger partial charge is 0.505 e. The van der Waals surface area contributed by atoms with E-state index in [2.05, 4.69) is 15.3 Å². The summed E-state index contributed by atoms with van der Waals surface area (Å²) in [6, 6.07) is 7.99. The van der Waals surface area contributed by atoms with Crippen LogP contribution in [0.15, 0.2) is 59.9 Å². The van der Waals surface area contributed by atoms with Gasteiger partial charge >= 0.3 is 5.97 Å². The fourth-order valence-corrected chi connectivity index (χ4v) is 2.90. The van der Waals surface area contributed by atoms with E-state index >= 15 is 0 Å². The van der Waals surface area contributed by atoms with Crippen LogP contribution in [0.3, 0.4) is 0 Å². The third kappa shape index (κ3) is 6.50. The summed E-state index contributed by atoms with van der Waals surface area (Å²) in [5.41, 5.74) is 4.38. The first-order valence-electron chi connectivity index (χ1n) is 10.5. The summed E-state index contributed by atoms with van der Waals surface area (Å²) in [6.07, 6.45) is 7.13. The molecule has 1 unspecified atom stereocenters. The number of carboxylic acids is 1. The number of amides is 1. The Morgan fingerprint density at radius 3 is 2.56 bits per heavy atom. The number of aromatic nitrogens is 1. The van der Waals surface area contributed by atoms with Crippen molar-refractivity contribution < 1.29 is 24.2 Å². The van der Waals surface area contributed by atoms with Crippen molar-refractivity contribution in [1.82, 2.24) is 10.3 Å². The lowest BCUT2D eigenvalue weighted by Gasteiger charge is -2.19. The number of nitrogens with two attached hydrogens (primary N) is 1. The number of halogens is 1. The van der Waals surface area contributed by atoms with E-state index in [4.69, 9.17) is 10.8 Å². The lowest BCUT2D eigenvalue weighted by Crippen LogP contribution is -2.39. The van der Waals surface area contributed by atoms with Gasteiger partial charge in [0.15, 0.2) is 11.4 Å². The number of benzene rings is 1. The standard InChI is InChI=1S/C25H29FN4O4/c1-5-9-25(4,26)18-7-6-8-19(11-18)28-14-17(12-27)16-10-20(31)21(29-13-16)22(32)30-15-24(2,3)23(33)34/h5-14,31H,15,27H2,1-4H3,(H,30,32)(H,33,34)/b9-5+,17-12+,28-14?. The number of carboxylic acid groups (broad SMARTS) is 1. The van der Waals surface area contributed by atoms with Gasteiger partial charge in [-0.05, 0) is 57.5 Å². The number of nitrogens with one attached hydrogen (secondary N) is 1. The third-order valence-electron chi connectivity index (χ3n) is 5.11. The Bertz CT molecular complexity index is 1150. The van der Waals surface area contributed by atoms with E-state index in [1.165, 1.54) is 51.5 Å². The number of hydrogen-bond acceptors (Lipinski definition) is 6. The molecule has 5 N–H and O–H groups in total. The van der Waals surface area contributed by atoms with Crippen LogP contribution in [-0.4, -0.2) is 39.8 Å². The van der Waals surface area contributed by atoms with E-state index in [0.29, 0.717) is 22.4 Å². The van der Waals surface area contributed by atoms with Crippen molar-refractivity contribution in [2.45, 2.75) is 33.4 Å². The number of alkyl halides is 1. The van der Waals surface area contributed by atoms with Gasteiger partial charge in [-0.15, -0.1) is 0 Å². The highest BCUT2D eigenvalue weighted by atomic mass is 19.1. The molecule has 8 nitrogen and oxygen atoms in total. The molecule has 9 heteroatoms. The summed E-state index contributed by atoms with van der Waals surface area (Å²) in [7, 11) is 0. The smallest absolute Gasteiger partial charge is 0.310 e. The van der Waals surface area contributed by atoms with Crippen molar-refractivity contribution in [2.75, 3.05) is 6.54 Å². The van der Waals surface area contributed by atoms with E-state index in [1.807, 2.05) is 0 Å². The molecule has 1 heterocycles. The van der Waals surface area contributed by atoms with Gasteiger partial charge in [0, 0.05) is 36.3 Å². The van der Waals surface area contributed by atoms with Crippen LogP contribution in [0.25, 0.3) is 5.57 Å². The molecular weight excluding hydrogens is 439 g/mol. The van der Waals surface area contributed by atoms with Crippen LogP contribution in [-0.2, 0) is 10.5 Å². The average molecular weight is 469 g/mol. The Morgan fingerprint density at radius 2 is 1.97 bits per heavy atom. The van der Waals surface area contributed by atoms with Crippen molar-refractivity contribution in [1.29, 1.82) is 0 Å². The predicted octanol–water partition coefficient (Wildman–Crippen LogP) is 4.09. The van der Waals surface area contributed by atoms with Crippen molar-refractivity contribution in [3.05, 3.63) is 71.7 Å². The van der Waals surface area contributed by atoms with Crippen LogP contribution >= 0.6 is 0 Å². The van der Waals surface area contributed by atoms with Crippen LogP contribution in [0.5, 0.6) is 5.75 Å². The van der Waals surface area contributed by atoms with Gasteiger partial charge in [0.1, 0.15) is 5.75 Å². The molecule has 1 aromatic heterocycles. The molecule has 0 saturated carbocycles. The van der Waals surface area contributed by atoms with Crippen molar-refractivity contribution in [3.8, 4) is 5.75 Å². The Morgan fingerprint density at radius 1 is 1.26 bits per heavy atom. The molecule has 1 amide bonds. The Labute approximate surface area is 197 Å². The molecule has 0 fully saturated rings. The lowest BCUT2D eigenvalue weighted by molar-refractivity contribution is -0.146. The number of carbonyl (C=O) groups excluding carboxylic acids is 1. The highest BCUT2D eigenvalue weighted by Crippen LogP contribution is 2.30. The Hall–Kier alpha value is -4.01. The molecule has 0 saturated heterocycles. The number of aliphatic carboxylic acids is 1. The maximum absolute atomic E-state index is 14.8. The first kappa shape index (κ1) is 26.2. The molecule has 180 valence electrons. The third-order valence-corrected chi connectivity index (χ3v) is 5.11. The highest BCUT2D eigenvalue weighted by Gasteiger charge is 2.28. The minimum atomic E-state index is -1.64. The van der Waals surface area contributed by atoms with Crippen LogP contribution in [0.1, 0.15) is 49.3 Å². The number of aromatic hydroxyl groups is 1. The summed E-state index contributed by atoms with van der Waals surface area (Å²) in [5, 5.41) is 21.9. The van der Waals surface area contributed by atoms with Crippen LogP contribution in [0, 0.1) is 5.41 Å². The minimum absolute atomic E-state index is 0.143. The normalized spacial score (nSPS) is 14.3. The Balaban J connectivity index is 2.21. The van der Waals surface area contributed by atoms with Crippen molar-refractivity contribution in [2.24, 2.45) is 16.1 Å². The number of allylic oxidation sites excluding steroid dienone is 3. The first-order valence-corrected chi connectivity index (χ1v) is 10.5. The van der Waals surface area contributed by atoms with Crippen LogP contribution in [0.4, 0.5) is 10.1 Å². The zero-order chi connectivity index (χ0) is 25.5. The fourth-order valence-electron chi connectivity index (χ4n) is 2.90. The van der Waals surface area contributed by atoms with Gasteiger partial charge in [0.05, 0.1) is 11.1 Å². The summed E-state index contributed by atoms with van der Waals surface area (Å²) >= 11 is 0. The maximum atomic E-state index is 14.8. The van der Waals surface area contributed by atoms with Crippen molar-refractivity contribution in [3.63, 3.8) is 0 Å². The summed E-state index contributed by atoms with van der Waals surface area (Å²) in [5.74, 6) is -2.18. The number of carbonyl (C=O) groups is 2. The lowest BCUT2D eigenvalue weighted by atomic mass is 9.94. The number of pyridine rings is 1. The van der Waals surface area contributed by atoms with Gasteiger partial charge in [-0.1, -0.05) is 18.2 Å². The average Bonchev–Trinajstić information content (AvgIpc) is 2.78. The second kappa shape index (κ2) is 10.7. The molecule has 0 aliphatic heterocycles. The van der Waals surface area contributed by atoms with Gasteiger partial charge in [-0.2, -0.15) is 0 Å². The SMILES string of the molecule is C/C=C/C(C)(F)c1cccc(N=C/C(=C\N)c2cnc(C(=O)NCC(C)(C)C(=O)O)c(O)c2)c1. The molecule has 0 bridgehead atoms. The van der Waals surface area contributed by atoms with E-state index in [1.54, 1.807) is 37.3 Å². The van der Waals surface area contributed by atoms with E-state index in [0.717, 1.165) is 0 Å². The maximum Gasteiger partial charge on any atom is 0.310 e. The molecule has 0 spiro atoms. The predicted molar refractivity (Wildman–Crippen MR) is 130 cm³/mol. The van der Waals surface area contributed by atoms with Crippen LogP contribution in [0.2, 0.25) is 0 Å². The molecule has 0 aliphatic rings. The quantitative estimate of drug-likeness (QED) is 0.323. The van der Waals surface area contributed by atoms with Gasteiger partial charge in [0.2, 0.25) is 0 Å². The molecule has 2 rings (SSSR count). The second-order valence-electron chi connectivity index (χ2n) is 8.47. The number of aliphatic imine (C=N–C) groups is 1. The summed E-state index contributed by atoms with van der Waals surface area (Å²) in [4.78, 5) is 31.8. The Kier molecular flexibility index (Phi) is 8.29. The van der Waals surface area contributed by atoms with Gasteiger partial charge in [-0.25, -0.2) is 9.37 Å². The summed E-state index contributed by atoms with van der Waals surface area (Å²) < 4.78 is 14.8. The molecule has 34 heavy (non-hydrogen) atoms. The molecule has 1 atom stereocenters. The van der Waals surface area contributed by atoms with Gasteiger partial charge in [-0.3, -0.25) is 14.6 Å². The van der Waals surface area contributed by atoms with Gasteiger partial charge < -0.3 is 21.3 Å². The van der Waals surface area contributed by atoms with E-state index < -0.39 is 28.7 Å². The highest BCUT2D eigenvalue weighted by molar-refractivity contribution is 6.10. The number of rotatable bonds is 9. The topological polar surface area (TPSA) is 138 Å². The summed E-state index contributed by atoms with van der Waals surface area (Å²) in [6.45, 7) is 5.99. The van der Waals surface area contributed by atoms with Crippen molar-refractivity contribution >= 4 is 29.4 Å². The molecule has 0 radical (unpaired) electrons. The molecule has 1 aromatic carbocycles. The number of hydrogen-bond donors (Lipinski definition) is 4. The fraction of sp³-hybridized carbons (Fsp3) is 0.280. The number of nitrogens with zero attached hydrogens (tertiary/aromatic N) is 2. The zero-order valence-corrected chi connectivity index (χ0v) is 19.5. The first-order chi connectivity index (χ1) is 15.9. The second-order valence-corrected chi connectivity index (χ2v) is 8.47. The molecule has 0 aliphatic carbocycles. The van der Waals surface area contributed by atoms with E-state index in [-0.39, 0.29) is 12.2 Å². The monoisotopic (exact) mass is 468 g/mol. The molecule has 2 aromatic rings. The minimum Gasteiger partial charge on any atom is -0.505 e. The van der Waals surface area contributed by atoms with Crippen LogP contribution < -0.4 is 11.1 Å².